The maximum atomic E-state index is 12.4. The molecule has 25 heavy (non-hydrogen) atoms. The molecule has 1 saturated carbocycles. The zero-order chi connectivity index (χ0) is 17.8. The van der Waals surface area contributed by atoms with E-state index in [0.29, 0.717) is 18.7 Å². The number of nitrogens with zero attached hydrogens (tertiary/aromatic N) is 2. The largest absolute Gasteiger partial charge is 0.391 e. The summed E-state index contributed by atoms with van der Waals surface area (Å²) in [7, 11) is 2.00. The van der Waals surface area contributed by atoms with E-state index in [1.165, 1.54) is 5.56 Å². The van der Waals surface area contributed by atoms with E-state index in [2.05, 4.69) is 27.5 Å². The zero-order valence-corrected chi connectivity index (χ0v) is 14.7. The van der Waals surface area contributed by atoms with Crippen molar-refractivity contribution in [2.24, 2.45) is 5.92 Å². The quantitative estimate of drug-likeness (QED) is 0.837. The van der Waals surface area contributed by atoms with E-state index in [1.54, 1.807) is 6.07 Å². The van der Waals surface area contributed by atoms with Gasteiger partial charge in [-0.15, -0.1) is 0 Å². The molecule has 0 bridgehead atoms. The molecule has 134 valence electrons. The maximum absolute atomic E-state index is 12.4. The minimum Gasteiger partial charge on any atom is -0.391 e. The Morgan fingerprint density at radius 3 is 2.80 bits per heavy atom. The Bertz CT molecular complexity index is 701. The number of rotatable bonds is 6. The third-order valence-corrected chi connectivity index (χ3v) is 4.87. The minimum absolute atomic E-state index is 0.0107. The van der Waals surface area contributed by atoms with E-state index in [4.69, 9.17) is 4.52 Å². The summed E-state index contributed by atoms with van der Waals surface area (Å²) in [5, 5.41) is 17.3. The molecule has 2 N–H and O–H groups in total. The van der Waals surface area contributed by atoms with E-state index < -0.39 is 6.10 Å². The van der Waals surface area contributed by atoms with Crippen molar-refractivity contribution in [3.05, 3.63) is 53.4 Å². The van der Waals surface area contributed by atoms with E-state index in [0.717, 1.165) is 18.7 Å². The third kappa shape index (κ3) is 4.27. The van der Waals surface area contributed by atoms with Crippen LogP contribution in [0.2, 0.25) is 0 Å². The van der Waals surface area contributed by atoms with Gasteiger partial charge in [0.1, 0.15) is 0 Å². The molecule has 3 atom stereocenters. The van der Waals surface area contributed by atoms with Crippen LogP contribution in [-0.2, 0) is 17.9 Å². The molecule has 1 aliphatic rings. The molecule has 0 saturated heterocycles. The fourth-order valence-corrected chi connectivity index (χ4v) is 3.52. The number of carbonyl (C=O) groups excluding carboxylic acids is 1. The lowest BCUT2D eigenvalue weighted by atomic mass is 10.0. The lowest BCUT2D eigenvalue weighted by molar-refractivity contribution is -0.128. The summed E-state index contributed by atoms with van der Waals surface area (Å²) < 4.78 is 5.09. The molecule has 6 nitrogen and oxygen atoms in total. The Morgan fingerprint density at radius 2 is 2.12 bits per heavy atom. The van der Waals surface area contributed by atoms with Gasteiger partial charge < -0.3 is 14.9 Å². The van der Waals surface area contributed by atoms with Gasteiger partial charge in [-0.2, -0.15) is 0 Å². The molecule has 2 aromatic rings. The maximum Gasteiger partial charge on any atom is 0.226 e. The predicted molar refractivity (Wildman–Crippen MR) is 93.5 cm³/mol. The molecule has 1 heterocycles. The Kier molecular flexibility index (Phi) is 5.50. The Hall–Kier alpha value is -2.18. The third-order valence-electron chi connectivity index (χ3n) is 4.87. The standard InChI is InChI=1S/C19H25N3O3/c1-13-10-15(25-21-13)11-20-19(24)16-8-9-17(18(16)23)22(2)12-14-6-4-3-5-7-14/h3-7,10,16-18,23H,8-9,11-12H2,1-2H3,(H,20,24)/t16-,17-,18+/m1/s1. The summed E-state index contributed by atoms with van der Waals surface area (Å²) in [5.74, 6) is 0.112. The molecule has 1 aliphatic carbocycles. The molecule has 1 fully saturated rings. The molecule has 0 unspecified atom stereocenters. The Labute approximate surface area is 147 Å². The van der Waals surface area contributed by atoms with Gasteiger partial charge >= 0.3 is 0 Å². The van der Waals surface area contributed by atoms with E-state index in [1.807, 2.05) is 32.2 Å². The van der Waals surface area contributed by atoms with Crippen molar-refractivity contribution in [3.63, 3.8) is 0 Å². The minimum atomic E-state index is -0.662. The molecule has 1 amide bonds. The van der Waals surface area contributed by atoms with Gasteiger partial charge in [-0.05, 0) is 32.4 Å². The second kappa shape index (κ2) is 7.80. The van der Waals surface area contributed by atoms with Crippen molar-refractivity contribution in [1.29, 1.82) is 0 Å². The zero-order valence-electron chi connectivity index (χ0n) is 14.7. The summed E-state index contributed by atoms with van der Waals surface area (Å²) in [6, 6.07) is 11.9. The van der Waals surface area contributed by atoms with Crippen molar-refractivity contribution >= 4 is 5.91 Å². The van der Waals surface area contributed by atoms with Crippen molar-refractivity contribution in [2.75, 3.05) is 7.05 Å². The summed E-state index contributed by atoms with van der Waals surface area (Å²) in [6.45, 7) is 2.89. The van der Waals surface area contributed by atoms with Crippen LogP contribution in [-0.4, -0.2) is 40.3 Å². The van der Waals surface area contributed by atoms with Crippen molar-refractivity contribution in [2.45, 2.75) is 45.0 Å². The van der Waals surface area contributed by atoms with E-state index in [-0.39, 0.29) is 17.9 Å². The average molecular weight is 343 g/mol. The number of hydrogen-bond donors (Lipinski definition) is 2. The molecular weight excluding hydrogens is 318 g/mol. The second-order valence-corrected chi connectivity index (χ2v) is 6.79. The Morgan fingerprint density at radius 1 is 1.36 bits per heavy atom. The van der Waals surface area contributed by atoms with Crippen LogP contribution in [0.1, 0.15) is 29.9 Å². The molecule has 0 aliphatic heterocycles. The fraction of sp³-hybridized carbons (Fsp3) is 0.474. The highest BCUT2D eigenvalue weighted by atomic mass is 16.5. The number of aliphatic hydroxyl groups excluding tert-OH is 1. The van der Waals surface area contributed by atoms with Crippen LogP contribution < -0.4 is 5.32 Å². The normalized spacial score (nSPS) is 23.1. The first-order chi connectivity index (χ1) is 12.0. The van der Waals surface area contributed by atoms with Gasteiger partial charge in [-0.25, -0.2) is 0 Å². The lowest BCUT2D eigenvalue weighted by Crippen LogP contribution is -2.43. The highest BCUT2D eigenvalue weighted by Crippen LogP contribution is 2.30. The highest BCUT2D eigenvalue weighted by molar-refractivity contribution is 5.79. The first kappa shape index (κ1) is 17.6. The SMILES string of the molecule is Cc1cc(CNC(=O)[C@@H]2CC[C@@H](N(C)Cc3ccccc3)[C@H]2O)on1. The van der Waals surface area contributed by atoms with Gasteiger partial charge in [0.05, 0.1) is 24.3 Å². The lowest BCUT2D eigenvalue weighted by Gasteiger charge is -2.28. The predicted octanol–water partition coefficient (Wildman–Crippen LogP) is 1.87. The Balaban J connectivity index is 1.53. The number of nitrogens with one attached hydrogen (secondary N) is 1. The number of aryl methyl sites for hydroxylation is 1. The summed E-state index contributed by atoms with van der Waals surface area (Å²) in [5.41, 5.74) is 1.98. The van der Waals surface area contributed by atoms with Gasteiger partial charge in [0.2, 0.25) is 5.91 Å². The van der Waals surface area contributed by atoms with Crippen LogP contribution in [0.3, 0.4) is 0 Å². The topological polar surface area (TPSA) is 78.6 Å². The van der Waals surface area contributed by atoms with Gasteiger partial charge in [-0.3, -0.25) is 9.69 Å². The highest BCUT2D eigenvalue weighted by Gasteiger charge is 2.40. The molecule has 0 spiro atoms. The number of amides is 1. The first-order valence-electron chi connectivity index (χ1n) is 8.66. The number of hydrogen-bond acceptors (Lipinski definition) is 5. The number of likely N-dealkylation sites (N-methyl/N-ethyl adjacent to an activating group) is 1. The fourth-order valence-electron chi connectivity index (χ4n) is 3.52. The van der Waals surface area contributed by atoms with Crippen LogP contribution in [0.5, 0.6) is 0 Å². The van der Waals surface area contributed by atoms with Crippen LogP contribution in [0.4, 0.5) is 0 Å². The monoisotopic (exact) mass is 343 g/mol. The second-order valence-electron chi connectivity index (χ2n) is 6.79. The summed E-state index contributed by atoms with van der Waals surface area (Å²) >= 11 is 0. The van der Waals surface area contributed by atoms with Crippen LogP contribution in [0.25, 0.3) is 0 Å². The first-order valence-corrected chi connectivity index (χ1v) is 8.66. The molecule has 3 rings (SSSR count). The molecule has 1 aromatic carbocycles. The van der Waals surface area contributed by atoms with Crippen molar-refractivity contribution in [3.8, 4) is 0 Å². The number of carbonyl (C=O) groups is 1. The van der Waals surface area contributed by atoms with Crippen LogP contribution >= 0.6 is 0 Å². The van der Waals surface area contributed by atoms with Gasteiger partial charge in [0, 0.05) is 18.7 Å². The number of aromatic nitrogens is 1. The molecule has 0 radical (unpaired) electrons. The summed E-state index contributed by atoms with van der Waals surface area (Å²) in [4.78, 5) is 14.5. The van der Waals surface area contributed by atoms with Gasteiger partial charge in [-0.1, -0.05) is 35.5 Å². The van der Waals surface area contributed by atoms with Crippen LogP contribution in [0.15, 0.2) is 40.9 Å². The van der Waals surface area contributed by atoms with E-state index in [9.17, 15) is 9.90 Å². The molecular formula is C19H25N3O3. The average Bonchev–Trinajstić information content (AvgIpc) is 3.19. The number of benzene rings is 1. The van der Waals surface area contributed by atoms with E-state index >= 15 is 0 Å². The van der Waals surface area contributed by atoms with Crippen molar-refractivity contribution in [1.82, 2.24) is 15.4 Å². The molecule has 1 aromatic heterocycles. The van der Waals surface area contributed by atoms with Gasteiger partial charge in [0.15, 0.2) is 5.76 Å². The number of aliphatic hydroxyl groups is 1. The smallest absolute Gasteiger partial charge is 0.226 e. The van der Waals surface area contributed by atoms with Crippen molar-refractivity contribution < 1.29 is 14.4 Å². The van der Waals surface area contributed by atoms with Crippen LogP contribution in [0, 0.1) is 12.8 Å². The molecule has 6 heteroatoms. The summed E-state index contributed by atoms with van der Waals surface area (Å²) in [6.07, 6.45) is 0.834. The van der Waals surface area contributed by atoms with Gasteiger partial charge in [0.25, 0.3) is 0 Å².